The van der Waals surface area contributed by atoms with Crippen LogP contribution in [-0.4, -0.2) is 16.7 Å². The van der Waals surface area contributed by atoms with Crippen molar-refractivity contribution in [3.8, 4) is 0 Å². The first kappa shape index (κ1) is 13.6. The molecule has 1 aromatic heterocycles. The van der Waals surface area contributed by atoms with Crippen LogP contribution in [0.5, 0.6) is 0 Å². The topological polar surface area (TPSA) is 42.2 Å². The normalized spacial score (nSPS) is 10.6. The van der Waals surface area contributed by atoms with Crippen molar-refractivity contribution in [2.24, 2.45) is 0 Å². The van der Waals surface area contributed by atoms with Crippen LogP contribution in [0.3, 0.4) is 0 Å². The Balaban J connectivity index is 2.00. The van der Waals surface area contributed by atoms with E-state index < -0.39 is 0 Å². The number of rotatable bonds is 7. The highest BCUT2D eigenvalue weighted by Gasteiger charge is 2.11. The number of aromatic nitrogens is 2. The van der Waals surface area contributed by atoms with E-state index in [1.165, 1.54) is 5.69 Å². The van der Waals surface area contributed by atoms with Crippen LogP contribution in [0.1, 0.15) is 38.4 Å². The molecule has 1 aromatic carbocycles. The maximum atomic E-state index is 5.31. The number of para-hydroxylation sites is 1. The Kier molecular flexibility index (Phi) is 4.95. The van der Waals surface area contributed by atoms with Gasteiger partial charge in [-0.15, -0.1) is 0 Å². The first-order chi connectivity index (χ1) is 9.33. The second-order valence-electron chi connectivity index (χ2n) is 4.56. The highest BCUT2D eigenvalue weighted by atomic mass is 16.5. The molecule has 0 saturated carbocycles. The quantitative estimate of drug-likeness (QED) is 0.764. The molecular formula is C15H21N3O. The van der Waals surface area contributed by atoms with Crippen LogP contribution in [0.25, 0.3) is 0 Å². The zero-order valence-electron chi connectivity index (χ0n) is 11.7. The van der Waals surface area contributed by atoms with E-state index in [2.05, 4.69) is 41.0 Å². The fourth-order valence-electron chi connectivity index (χ4n) is 1.98. The van der Waals surface area contributed by atoms with Crippen LogP contribution >= 0.6 is 0 Å². The fourth-order valence-corrected chi connectivity index (χ4v) is 1.98. The molecule has 4 nitrogen and oxygen atoms in total. The highest BCUT2D eigenvalue weighted by molar-refractivity contribution is 5.45. The molecule has 0 amide bonds. The van der Waals surface area contributed by atoms with Crippen molar-refractivity contribution in [2.75, 3.05) is 11.4 Å². The van der Waals surface area contributed by atoms with Crippen LogP contribution in [0.15, 0.2) is 34.9 Å². The Hall–Kier alpha value is -1.84. The van der Waals surface area contributed by atoms with Gasteiger partial charge in [0.15, 0.2) is 5.82 Å². The number of hydrogen-bond acceptors (Lipinski definition) is 4. The maximum Gasteiger partial charge on any atom is 0.246 e. The molecule has 0 unspecified atom stereocenters. The van der Waals surface area contributed by atoms with Crippen molar-refractivity contribution < 1.29 is 4.52 Å². The van der Waals surface area contributed by atoms with Crippen molar-refractivity contribution in [3.63, 3.8) is 0 Å². The van der Waals surface area contributed by atoms with E-state index in [1.807, 2.05) is 18.2 Å². The predicted octanol–water partition coefficient (Wildman–Crippen LogP) is 3.44. The van der Waals surface area contributed by atoms with E-state index in [9.17, 15) is 0 Å². The van der Waals surface area contributed by atoms with E-state index in [0.29, 0.717) is 12.4 Å². The summed E-state index contributed by atoms with van der Waals surface area (Å²) >= 11 is 0. The number of aryl methyl sites for hydroxylation is 1. The Morgan fingerprint density at radius 3 is 2.63 bits per heavy atom. The van der Waals surface area contributed by atoms with Gasteiger partial charge in [0, 0.05) is 18.7 Å². The summed E-state index contributed by atoms with van der Waals surface area (Å²) in [7, 11) is 0. The predicted molar refractivity (Wildman–Crippen MR) is 76.1 cm³/mol. The third kappa shape index (κ3) is 3.81. The molecular weight excluding hydrogens is 238 g/mol. The van der Waals surface area contributed by atoms with E-state index >= 15 is 0 Å². The van der Waals surface area contributed by atoms with Gasteiger partial charge >= 0.3 is 0 Å². The molecule has 0 aliphatic carbocycles. The lowest BCUT2D eigenvalue weighted by Crippen LogP contribution is -2.22. The Morgan fingerprint density at radius 1 is 1.16 bits per heavy atom. The van der Waals surface area contributed by atoms with Crippen LogP contribution in [0, 0.1) is 0 Å². The summed E-state index contributed by atoms with van der Waals surface area (Å²) in [5.41, 5.74) is 1.18. The monoisotopic (exact) mass is 259 g/mol. The minimum Gasteiger partial charge on any atom is -0.362 e. The summed E-state index contributed by atoms with van der Waals surface area (Å²) in [6.07, 6.45) is 3.15. The van der Waals surface area contributed by atoms with Gasteiger partial charge in [-0.05, 0) is 25.5 Å². The molecule has 2 aromatic rings. The summed E-state index contributed by atoms with van der Waals surface area (Å²) in [5.74, 6) is 1.51. The Bertz CT molecular complexity index is 481. The van der Waals surface area contributed by atoms with Gasteiger partial charge in [-0.25, -0.2) is 0 Å². The third-order valence-corrected chi connectivity index (χ3v) is 3.09. The van der Waals surface area contributed by atoms with Crippen molar-refractivity contribution in [3.05, 3.63) is 42.0 Å². The number of hydrogen-bond donors (Lipinski definition) is 0. The van der Waals surface area contributed by atoms with E-state index in [1.54, 1.807) is 0 Å². The number of benzene rings is 1. The van der Waals surface area contributed by atoms with Crippen molar-refractivity contribution in [1.82, 2.24) is 10.1 Å². The molecule has 0 saturated heterocycles. The van der Waals surface area contributed by atoms with Crippen molar-refractivity contribution in [2.45, 2.75) is 39.7 Å². The number of unbranched alkanes of at least 4 members (excludes halogenated alkanes) is 1. The molecule has 0 atom stereocenters. The van der Waals surface area contributed by atoms with Crippen LogP contribution < -0.4 is 4.90 Å². The van der Waals surface area contributed by atoms with Crippen LogP contribution in [-0.2, 0) is 13.0 Å². The molecule has 2 rings (SSSR count). The van der Waals surface area contributed by atoms with E-state index in [4.69, 9.17) is 4.52 Å². The molecule has 1 heterocycles. The molecule has 0 radical (unpaired) electrons. The molecule has 19 heavy (non-hydrogen) atoms. The average molecular weight is 259 g/mol. The van der Waals surface area contributed by atoms with Gasteiger partial charge in [0.05, 0.1) is 6.54 Å². The summed E-state index contributed by atoms with van der Waals surface area (Å²) in [5, 5.41) is 4.02. The molecule has 0 aliphatic rings. The third-order valence-electron chi connectivity index (χ3n) is 3.09. The average Bonchev–Trinajstić information content (AvgIpc) is 2.91. The molecule has 102 valence electrons. The van der Waals surface area contributed by atoms with Gasteiger partial charge < -0.3 is 9.42 Å². The number of nitrogens with zero attached hydrogens (tertiary/aromatic N) is 3. The first-order valence-electron chi connectivity index (χ1n) is 6.95. The smallest absolute Gasteiger partial charge is 0.246 e. The Labute approximate surface area is 114 Å². The lowest BCUT2D eigenvalue weighted by molar-refractivity contribution is 0.371. The lowest BCUT2D eigenvalue weighted by atomic mass is 10.2. The van der Waals surface area contributed by atoms with Gasteiger partial charge in [-0.2, -0.15) is 4.98 Å². The van der Waals surface area contributed by atoms with Gasteiger partial charge in [0.25, 0.3) is 0 Å². The fraction of sp³-hybridized carbons (Fsp3) is 0.467. The zero-order chi connectivity index (χ0) is 13.5. The molecule has 0 fully saturated rings. The van der Waals surface area contributed by atoms with Gasteiger partial charge in [-0.1, -0.05) is 36.7 Å². The highest BCUT2D eigenvalue weighted by Crippen LogP contribution is 2.15. The second-order valence-corrected chi connectivity index (χ2v) is 4.56. The van der Waals surface area contributed by atoms with Crippen LogP contribution in [0.2, 0.25) is 0 Å². The molecule has 0 spiro atoms. The summed E-state index contributed by atoms with van der Waals surface area (Å²) in [6, 6.07) is 10.3. The first-order valence-corrected chi connectivity index (χ1v) is 6.95. The van der Waals surface area contributed by atoms with Crippen molar-refractivity contribution >= 4 is 5.69 Å². The van der Waals surface area contributed by atoms with E-state index in [0.717, 1.165) is 31.6 Å². The summed E-state index contributed by atoms with van der Waals surface area (Å²) in [4.78, 5) is 6.66. The minimum absolute atomic E-state index is 0.666. The maximum absolute atomic E-state index is 5.31. The molecule has 0 aliphatic heterocycles. The van der Waals surface area contributed by atoms with Gasteiger partial charge in [-0.3, -0.25) is 0 Å². The van der Waals surface area contributed by atoms with Gasteiger partial charge in [0.2, 0.25) is 5.89 Å². The second kappa shape index (κ2) is 6.92. The number of anilines is 1. The molecule has 4 heteroatoms. The van der Waals surface area contributed by atoms with Crippen LogP contribution in [0.4, 0.5) is 5.69 Å². The molecule has 0 N–H and O–H groups in total. The molecule has 0 bridgehead atoms. The largest absolute Gasteiger partial charge is 0.362 e. The van der Waals surface area contributed by atoms with Crippen molar-refractivity contribution in [1.29, 1.82) is 0 Å². The minimum atomic E-state index is 0.666. The van der Waals surface area contributed by atoms with Gasteiger partial charge in [0.1, 0.15) is 0 Å². The lowest BCUT2D eigenvalue weighted by Gasteiger charge is -2.20. The SMILES string of the molecule is CCCCc1noc(CN(CC)c2ccccc2)n1. The summed E-state index contributed by atoms with van der Waals surface area (Å²) in [6.45, 7) is 5.87. The zero-order valence-corrected chi connectivity index (χ0v) is 11.7. The Morgan fingerprint density at radius 2 is 1.95 bits per heavy atom. The standard InChI is InChI=1S/C15H21N3O/c1-3-5-11-14-16-15(19-17-14)12-18(4-2)13-9-7-6-8-10-13/h6-10H,3-5,11-12H2,1-2H3. The van der Waals surface area contributed by atoms with E-state index in [-0.39, 0.29) is 0 Å². The summed E-state index contributed by atoms with van der Waals surface area (Å²) < 4.78 is 5.31.